The van der Waals surface area contributed by atoms with Gasteiger partial charge in [0.05, 0.1) is 0 Å². The van der Waals surface area contributed by atoms with E-state index in [1.807, 2.05) is 0 Å². The van der Waals surface area contributed by atoms with Crippen LogP contribution < -0.4 is 0 Å². The molecule has 0 amide bonds. The van der Waals surface area contributed by atoms with E-state index in [0.29, 0.717) is 19.3 Å². The van der Waals surface area contributed by atoms with Gasteiger partial charge in [0.15, 0.2) is 6.10 Å². The summed E-state index contributed by atoms with van der Waals surface area (Å²) in [5.74, 6) is -0.843. The van der Waals surface area contributed by atoms with Crippen LogP contribution in [0.2, 0.25) is 0 Å². The predicted octanol–water partition coefficient (Wildman–Crippen LogP) is 25.2. The molecule has 6 nitrogen and oxygen atoms in total. The molecule has 0 aliphatic carbocycles. The van der Waals surface area contributed by atoms with Gasteiger partial charge in [-0.25, -0.2) is 0 Å². The summed E-state index contributed by atoms with van der Waals surface area (Å²) in [6.45, 7) is 6.66. The molecule has 6 heteroatoms. The van der Waals surface area contributed by atoms with Gasteiger partial charge in [-0.2, -0.15) is 0 Å². The Morgan fingerprint density at radius 3 is 0.675 bits per heavy atom. The molecule has 0 bridgehead atoms. The fourth-order valence-corrected chi connectivity index (χ4v) is 11.5. The second-order valence-electron chi connectivity index (χ2n) is 25.2. The molecule has 474 valence electrons. The maximum atomic E-state index is 12.9. The second kappa shape index (κ2) is 69.6. The van der Waals surface area contributed by atoms with Crippen LogP contribution in [0.15, 0.2) is 12.2 Å². The molecule has 0 spiro atoms. The van der Waals surface area contributed by atoms with Crippen molar-refractivity contribution in [3.8, 4) is 0 Å². The van der Waals surface area contributed by atoms with Gasteiger partial charge >= 0.3 is 17.9 Å². The summed E-state index contributed by atoms with van der Waals surface area (Å²) in [5, 5.41) is 0. The summed E-state index contributed by atoms with van der Waals surface area (Å²) in [4.78, 5) is 38.3. The average Bonchev–Trinajstić information content (AvgIpc) is 3.46. The van der Waals surface area contributed by atoms with E-state index < -0.39 is 6.10 Å². The van der Waals surface area contributed by atoms with Crippen molar-refractivity contribution >= 4 is 17.9 Å². The smallest absolute Gasteiger partial charge is 0.306 e. The van der Waals surface area contributed by atoms with Crippen molar-refractivity contribution < 1.29 is 28.6 Å². The maximum Gasteiger partial charge on any atom is 0.306 e. The first-order valence-electron chi connectivity index (χ1n) is 36.7. The van der Waals surface area contributed by atoms with Gasteiger partial charge in [0.1, 0.15) is 13.2 Å². The number of hydrogen-bond acceptors (Lipinski definition) is 6. The van der Waals surface area contributed by atoms with Crippen molar-refractivity contribution in [1.82, 2.24) is 0 Å². The Morgan fingerprint density at radius 1 is 0.237 bits per heavy atom. The lowest BCUT2D eigenvalue weighted by Gasteiger charge is -2.18. The second-order valence-corrected chi connectivity index (χ2v) is 25.2. The Hall–Kier alpha value is -1.85. The molecule has 0 aliphatic heterocycles. The van der Waals surface area contributed by atoms with Gasteiger partial charge in [0.2, 0.25) is 0 Å². The molecule has 0 saturated carbocycles. The SMILES string of the molecule is CCC/C=C\CCCCCCCC(=O)OCC(COC(=O)CCCCCCCCCCCCCCCCCCCCCCCCCCCCCCCCC)OC(=O)CCCCCCCCCCCCCCCCCCCCCCC. The van der Waals surface area contributed by atoms with Gasteiger partial charge in [-0.15, -0.1) is 0 Å². The number of carbonyl (C=O) groups is 3. The fraction of sp³-hybridized carbons (Fsp3) is 0.932. The Balaban J connectivity index is 4.05. The lowest BCUT2D eigenvalue weighted by Crippen LogP contribution is -2.30. The van der Waals surface area contributed by atoms with Gasteiger partial charge in [-0.3, -0.25) is 14.4 Å². The Labute approximate surface area is 501 Å². The molecule has 0 rings (SSSR count). The molecule has 1 unspecified atom stereocenters. The summed E-state index contributed by atoms with van der Waals surface area (Å²) in [7, 11) is 0. The first kappa shape index (κ1) is 78.1. The monoisotopic (exact) mass is 1130 g/mol. The van der Waals surface area contributed by atoms with Crippen LogP contribution in [0.3, 0.4) is 0 Å². The first-order valence-corrected chi connectivity index (χ1v) is 36.7. The van der Waals surface area contributed by atoms with Crippen LogP contribution in [0.1, 0.15) is 425 Å². The molecule has 80 heavy (non-hydrogen) atoms. The number of ether oxygens (including phenoxy) is 3. The minimum atomic E-state index is -0.769. The molecule has 1 atom stereocenters. The summed E-state index contributed by atoms with van der Waals surface area (Å²) in [5.41, 5.74) is 0. The largest absolute Gasteiger partial charge is 0.462 e. The summed E-state index contributed by atoms with van der Waals surface area (Å²) < 4.78 is 17.0. The highest BCUT2D eigenvalue weighted by atomic mass is 16.6. The van der Waals surface area contributed by atoms with Crippen LogP contribution in [0.5, 0.6) is 0 Å². The highest BCUT2D eigenvalue weighted by Gasteiger charge is 2.20. The number of carbonyl (C=O) groups excluding carboxylic acids is 3. The van der Waals surface area contributed by atoms with E-state index in [4.69, 9.17) is 14.2 Å². The lowest BCUT2D eigenvalue weighted by molar-refractivity contribution is -0.167. The van der Waals surface area contributed by atoms with E-state index in [-0.39, 0.29) is 31.1 Å². The van der Waals surface area contributed by atoms with E-state index in [1.54, 1.807) is 0 Å². The van der Waals surface area contributed by atoms with Crippen LogP contribution in [-0.2, 0) is 28.6 Å². The van der Waals surface area contributed by atoms with Crippen molar-refractivity contribution in [1.29, 1.82) is 0 Å². The zero-order valence-corrected chi connectivity index (χ0v) is 54.6. The predicted molar refractivity (Wildman–Crippen MR) is 349 cm³/mol. The molecule has 0 radical (unpaired) electrons. The number of rotatable bonds is 69. The zero-order valence-electron chi connectivity index (χ0n) is 54.6. The first-order chi connectivity index (χ1) is 39.5. The standard InChI is InChI=1S/C74H142O6/c1-4-7-10-13-16-19-22-24-26-28-30-32-33-34-35-36-37-38-39-40-41-43-44-46-48-50-52-55-58-61-64-67-73(76)79-70-71(69-78-72(75)66-63-60-57-54-21-18-15-12-9-6-3)80-74(77)68-65-62-59-56-53-51-49-47-45-42-31-29-27-25-23-20-17-14-11-8-5-2/h12,15,71H,4-11,13-14,16-70H2,1-3H3/b15-12-. The molecule has 0 aromatic rings. The van der Waals surface area contributed by atoms with Crippen LogP contribution in [-0.4, -0.2) is 37.2 Å². The number of unbranched alkanes of at least 4 members (excludes halogenated alkanes) is 56. The molecule has 0 saturated heterocycles. The number of esters is 3. The third-order valence-corrected chi connectivity index (χ3v) is 17.0. The highest BCUT2D eigenvalue weighted by molar-refractivity contribution is 5.71. The van der Waals surface area contributed by atoms with Crippen molar-refractivity contribution in [3.63, 3.8) is 0 Å². The molecular weight excluding hydrogens is 985 g/mol. The van der Waals surface area contributed by atoms with Gasteiger partial charge in [-0.1, -0.05) is 380 Å². The van der Waals surface area contributed by atoms with Crippen LogP contribution in [0.25, 0.3) is 0 Å². The lowest BCUT2D eigenvalue weighted by atomic mass is 10.0. The van der Waals surface area contributed by atoms with Gasteiger partial charge in [0, 0.05) is 19.3 Å². The molecular formula is C74H142O6. The normalized spacial score (nSPS) is 12.0. The molecule has 0 aromatic heterocycles. The van der Waals surface area contributed by atoms with E-state index in [2.05, 4.69) is 32.9 Å². The quantitative estimate of drug-likeness (QED) is 0.0261. The molecule has 0 aliphatic rings. The minimum absolute atomic E-state index is 0.0660. The van der Waals surface area contributed by atoms with E-state index in [0.717, 1.165) is 70.6 Å². The molecule has 0 N–H and O–H groups in total. The Morgan fingerprint density at radius 2 is 0.438 bits per heavy atom. The van der Waals surface area contributed by atoms with Crippen molar-refractivity contribution in [2.24, 2.45) is 0 Å². The van der Waals surface area contributed by atoms with Crippen molar-refractivity contribution in [3.05, 3.63) is 12.2 Å². The van der Waals surface area contributed by atoms with E-state index in [9.17, 15) is 14.4 Å². The van der Waals surface area contributed by atoms with Gasteiger partial charge < -0.3 is 14.2 Å². The third kappa shape index (κ3) is 66.9. The van der Waals surface area contributed by atoms with E-state index in [1.165, 1.54) is 315 Å². The summed E-state index contributed by atoms with van der Waals surface area (Å²) in [6.07, 6.45) is 84.2. The fourth-order valence-electron chi connectivity index (χ4n) is 11.5. The Kier molecular flexibility index (Phi) is 68.0. The Bertz CT molecular complexity index is 1250. The number of allylic oxidation sites excluding steroid dienone is 2. The zero-order chi connectivity index (χ0) is 57.8. The molecule has 0 aromatic carbocycles. The van der Waals surface area contributed by atoms with E-state index >= 15 is 0 Å². The molecule has 0 fully saturated rings. The number of hydrogen-bond donors (Lipinski definition) is 0. The topological polar surface area (TPSA) is 78.9 Å². The summed E-state index contributed by atoms with van der Waals surface area (Å²) in [6, 6.07) is 0. The van der Waals surface area contributed by atoms with Crippen LogP contribution in [0.4, 0.5) is 0 Å². The molecule has 0 heterocycles. The third-order valence-electron chi connectivity index (χ3n) is 17.0. The summed E-state index contributed by atoms with van der Waals surface area (Å²) >= 11 is 0. The van der Waals surface area contributed by atoms with Crippen molar-refractivity contribution in [2.75, 3.05) is 13.2 Å². The van der Waals surface area contributed by atoms with Crippen LogP contribution >= 0.6 is 0 Å². The average molecular weight is 1130 g/mol. The minimum Gasteiger partial charge on any atom is -0.462 e. The van der Waals surface area contributed by atoms with Crippen molar-refractivity contribution in [2.45, 2.75) is 431 Å². The van der Waals surface area contributed by atoms with Gasteiger partial charge in [-0.05, 0) is 38.5 Å². The highest BCUT2D eigenvalue weighted by Crippen LogP contribution is 2.20. The van der Waals surface area contributed by atoms with Gasteiger partial charge in [0.25, 0.3) is 0 Å². The maximum absolute atomic E-state index is 12.9. The van der Waals surface area contributed by atoms with Crippen LogP contribution in [0, 0.1) is 0 Å².